The van der Waals surface area contributed by atoms with Gasteiger partial charge >= 0.3 is 6.18 Å². The zero-order chi connectivity index (χ0) is 17.8. The Morgan fingerprint density at radius 3 is 1.91 bits per heavy atom. The first-order valence-corrected chi connectivity index (χ1v) is 7.74. The fourth-order valence-electron chi connectivity index (χ4n) is 2.39. The average molecular weight is 330 g/mol. The summed E-state index contributed by atoms with van der Waals surface area (Å²) in [5.41, 5.74) is 6.29. The van der Waals surface area contributed by atoms with Crippen molar-refractivity contribution in [3.05, 3.63) is 35.4 Å². The van der Waals surface area contributed by atoms with E-state index >= 15 is 0 Å². The minimum Gasteiger partial charge on any atom is -0.368 e. The molecule has 0 aliphatic heterocycles. The number of rotatable bonds is 7. The van der Waals surface area contributed by atoms with Gasteiger partial charge in [0.2, 0.25) is 5.91 Å². The third-order valence-corrected chi connectivity index (χ3v) is 3.68. The highest BCUT2D eigenvalue weighted by atomic mass is 19.4. The lowest BCUT2D eigenvalue weighted by molar-refractivity contribution is -0.160. The van der Waals surface area contributed by atoms with Gasteiger partial charge in [-0.2, -0.15) is 13.2 Å². The molecule has 23 heavy (non-hydrogen) atoms. The standard InChI is InChI=1S/C17H25F3N2O/c1-10(2)9-14(16(21)23)22-15(17(18,19)20)13-7-5-12(6-8-13)11(3)4/h5-8,10-11,14-15,22H,9H2,1-4H3,(H2,21,23)/t14-,15-/m0/s1. The number of benzene rings is 1. The van der Waals surface area contributed by atoms with Gasteiger partial charge in [0.1, 0.15) is 6.04 Å². The van der Waals surface area contributed by atoms with Crippen molar-refractivity contribution < 1.29 is 18.0 Å². The van der Waals surface area contributed by atoms with Crippen LogP contribution in [0.3, 0.4) is 0 Å². The van der Waals surface area contributed by atoms with E-state index in [-0.39, 0.29) is 23.8 Å². The van der Waals surface area contributed by atoms with Gasteiger partial charge in [-0.3, -0.25) is 10.1 Å². The van der Waals surface area contributed by atoms with Crippen molar-refractivity contribution in [2.75, 3.05) is 0 Å². The third-order valence-electron chi connectivity index (χ3n) is 3.68. The highest BCUT2D eigenvalue weighted by Crippen LogP contribution is 2.34. The SMILES string of the molecule is CC(C)C[C@H](N[C@@H](c1ccc(C(C)C)cc1)C(F)(F)F)C(N)=O. The molecule has 0 aliphatic rings. The molecule has 0 heterocycles. The molecule has 1 amide bonds. The van der Waals surface area contributed by atoms with Crippen molar-refractivity contribution in [3.63, 3.8) is 0 Å². The van der Waals surface area contributed by atoms with E-state index in [1.807, 2.05) is 27.7 Å². The molecule has 6 heteroatoms. The number of amides is 1. The summed E-state index contributed by atoms with van der Waals surface area (Å²) >= 11 is 0. The van der Waals surface area contributed by atoms with E-state index in [1.54, 1.807) is 12.1 Å². The summed E-state index contributed by atoms with van der Waals surface area (Å²) < 4.78 is 40.2. The summed E-state index contributed by atoms with van der Waals surface area (Å²) in [6.45, 7) is 7.61. The minimum absolute atomic E-state index is 0.0530. The molecule has 0 saturated carbocycles. The van der Waals surface area contributed by atoms with Crippen molar-refractivity contribution in [1.82, 2.24) is 5.32 Å². The molecule has 0 spiro atoms. The quantitative estimate of drug-likeness (QED) is 0.796. The summed E-state index contributed by atoms with van der Waals surface area (Å²) in [6.07, 6.45) is -4.25. The van der Waals surface area contributed by atoms with Crippen molar-refractivity contribution >= 4 is 5.91 Å². The van der Waals surface area contributed by atoms with Crippen LogP contribution in [-0.2, 0) is 4.79 Å². The van der Waals surface area contributed by atoms with Gasteiger partial charge in [-0.15, -0.1) is 0 Å². The van der Waals surface area contributed by atoms with Crippen molar-refractivity contribution in [1.29, 1.82) is 0 Å². The molecule has 130 valence electrons. The highest BCUT2D eigenvalue weighted by molar-refractivity contribution is 5.79. The molecule has 1 aromatic carbocycles. The summed E-state index contributed by atoms with van der Waals surface area (Å²) in [7, 11) is 0. The lowest BCUT2D eigenvalue weighted by atomic mass is 9.97. The Labute approximate surface area is 135 Å². The number of nitrogens with one attached hydrogen (secondary N) is 1. The van der Waals surface area contributed by atoms with Crippen molar-refractivity contribution in [3.8, 4) is 0 Å². The van der Waals surface area contributed by atoms with Gasteiger partial charge in [0.25, 0.3) is 0 Å². The number of carbonyl (C=O) groups is 1. The summed E-state index contributed by atoms with van der Waals surface area (Å²) in [5.74, 6) is -0.482. The van der Waals surface area contributed by atoms with Crippen LogP contribution < -0.4 is 11.1 Å². The second kappa shape index (κ2) is 7.81. The van der Waals surface area contributed by atoms with Gasteiger partial charge in [0.05, 0.1) is 6.04 Å². The predicted octanol–water partition coefficient (Wildman–Crippen LogP) is 3.90. The Hall–Kier alpha value is -1.56. The Balaban J connectivity index is 3.07. The first-order chi connectivity index (χ1) is 10.5. The normalized spacial score (nSPS) is 15.0. The van der Waals surface area contributed by atoms with E-state index in [2.05, 4.69) is 5.32 Å². The van der Waals surface area contributed by atoms with E-state index in [0.717, 1.165) is 5.56 Å². The molecule has 1 aromatic rings. The molecule has 1 rings (SSSR count). The number of carbonyl (C=O) groups excluding carboxylic acids is 1. The van der Waals surface area contributed by atoms with E-state index in [0.29, 0.717) is 0 Å². The number of hydrogen-bond acceptors (Lipinski definition) is 2. The maximum absolute atomic E-state index is 13.4. The summed E-state index contributed by atoms with van der Waals surface area (Å²) in [5, 5.41) is 2.39. The molecule has 0 saturated heterocycles. The lowest BCUT2D eigenvalue weighted by Gasteiger charge is -2.27. The molecule has 3 N–H and O–H groups in total. The van der Waals surface area contributed by atoms with Crippen LogP contribution in [0.1, 0.15) is 57.2 Å². The maximum Gasteiger partial charge on any atom is 0.407 e. The van der Waals surface area contributed by atoms with Crippen LogP contribution in [0.5, 0.6) is 0 Å². The Kier molecular flexibility index (Phi) is 6.62. The topological polar surface area (TPSA) is 55.1 Å². The lowest BCUT2D eigenvalue weighted by Crippen LogP contribution is -2.47. The second-order valence-electron chi connectivity index (χ2n) is 6.55. The smallest absolute Gasteiger partial charge is 0.368 e. The molecule has 0 aliphatic carbocycles. The van der Waals surface area contributed by atoms with E-state index < -0.39 is 24.2 Å². The molecule has 2 atom stereocenters. The van der Waals surface area contributed by atoms with Gasteiger partial charge in [0, 0.05) is 0 Å². The van der Waals surface area contributed by atoms with E-state index in [1.165, 1.54) is 12.1 Å². The first kappa shape index (κ1) is 19.5. The van der Waals surface area contributed by atoms with Gasteiger partial charge in [-0.25, -0.2) is 0 Å². The van der Waals surface area contributed by atoms with Crippen LogP contribution in [0.25, 0.3) is 0 Å². The largest absolute Gasteiger partial charge is 0.407 e. The monoisotopic (exact) mass is 330 g/mol. The van der Waals surface area contributed by atoms with E-state index in [9.17, 15) is 18.0 Å². The van der Waals surface area contributed by atoms with Crippen LogP contribution >= 0.6 is 0 Å². The van der Waals surface area contributed by atoms with Crippen LogP contribution in [0.15, 0.2) is 24.3 Å². The zero-order valence-electron chi connectivity index (χ0n) is 13.9. The second-order valence-corrected chi connectivity index (χ2v) is 6.55. The molecular weight excluding hydrogens is 305 g/mol. The summed E-state index contributed by atoms with van der Waals surface area (Å²) in [4.78, 5) is 11.5. The minimum atomic E-state index is -4.51. The molecule has 0 fully saturated rings. The maximum atomic E-state index is 13.4. The van der Waals surface area contributed by atoms with Crippen LogP contribution in [-0.4, -0.2) is 18.1 Å². The Morgan fingerprint density at radius 2 is 1.57 bits per heavy atom. The van der Waals surface area contributed by atoms with Gasteiger partial charge in [-0.1, -0.05) is 52.0 Å². The van der Waals surface area contributed by atoms with Crippen LogP contribution in [0.2, 0.25) is 0 Å². The number of halogens is 3. The zero-order valence-corrected chi connectivity index (χ0v) is 13.9. The third kappa shape index (κ3) is 5.86. The number of hydrogen-bond donors (Lipinski definition) is 2. The number of alkyl halides is 3. The van der Waals surface area contributed by atoms with Crippen molar-refractivity contribution in [2.45, 2.75) is 58.3 Å². The molecule has 3 nitrogen and oxygen atoms in total. The van der Waals surface area contributed by atoms with Gasteiger partial charge in [-0.05, 0) is 29.4 Å². The molecule has 0 aromatic heterocycles. The number of nitrogens with two attached hydrogens (primary N) is 1. The average Bonchev–Trinajstić information content (AvgIpc) is 2.41. The molecule has 0 radical (unpaired) electrons. The van der Waals surface area contributed by atoms with E-state index in [4.69, 9.17) is 5.73 Å². The fraction of sp³-hybridized carbons (Fsp3) is 0.588. The fourth-order valence-corrected chi connectivity index (χ4v) is 2.39. The van der Waals surface area contributed by atoms with Crippen LogP contribution in [0, 0.1) is 5.92 Å². The van der Waals surface area contributed by atoms with Gasteiger partial charge < -0.3 is 5.73 Å². The first-order valence-electron chi connectivity index (χ1n) is 7.74. The molecule has 0 unspecified atom stereocenters. The Bertz CT molecular complexity index is 510. The molecule has 0 bridgehead atoms. The number of primary amides is 1. The van der Waals surface area contributed by atoms with Crippen molar-refractivity contribution in [2.24, 2.45) is 11.7 Å². The Morgan fingerprint density at radius 1 is 1.09 bits per heavy atom. The summed E-state index contributed by atoms with van der Waals surface area (Å²) in [6, 6.07) is 3.33. The van der Waals surface area contributed by atoms with Crippen LogP contribution in [0.4, 0.5) is 13.2 Å². The molecular formula is C17H25F3N2O. The predicted molar refractivity (Wildman–Crippen MR) is 84.9 cm³/mol. The van der Waals surface area contributed by atoms with Gasteiger partial charge in [0.15, 0.2) is 0 Å². The highest BCUT2D eigenvalue weighted by Gasteiger charge is 2.42.